The fourth-order valence-electron chi connectivity index (χ4n) is 1.63. The van der Waals surface area contributed by atoms with Gasteiger partial charge in [0.2, 0.25) is 0 Å². The number of hydrogen-bond acceptors (Lipinski definition) is 2. The molecule has 0 saturated carbocycles. The minimum absolute atomic E-state index is 0.329. The molecule has 19 heavy (non-hydrogen) atoms. The van der Waals surface area contributed by atoms with Crippen LogP contribution in [-0.2, 0) is 12.6 Å². The molecule has 0 aliphatic carbocycles. The van der Waals surface area contributed by atoms with E-state index in [2.05, 4.69) is 4.98 Å². The molecule has 0 bridgehead atoms. The number of alkyl halides is 4. The van der Waals surface area contributed by atoms with Gasteiger partial charge >= 0.3 is 6.18 Å². The molecule has 1 aromatic carbocycles. The van der Waals surface area contributed by atoms with Crippen molar-refractivity contribution in [2.45, 2.75) is 19.0 Å². The van der Waals surface area contributed by atoms with E-state index in [1.165, 1.54) is 12.3 Å². The van der Waals surface area contributed by atoms with Crippen molar-refractivity contribution in [1.82, 2.24) is 4.98 Å². The van der Waals surface area contributed by atoms with Crippen LogP contribution < -0.4 is 0 Å². The Labute approximate surface area is 113 Å². The summed E-state index contributed by atoms with van der Waals surface area (Å²) in [6.07, 6.45) is -1.65. The molecule has 2 nitrogen and oxygen atoms in total. The molecule has 0 spiro atoms. The first-order valence-corrected chi connectivity index (χ1v) is 6.22. The predicted octanol–water partition coefficient (Wildman–Crippen LogP) is 4.53. The molecule has 0 radical (unpaired) electrons. The molecular weight excluding hydrogens is 279 g/mol. The van der Waals surface area contributed by atoms with Crippen LogP contribution in [-0.4, -0.2) is 10.9 Å². The van der Waals surface area contributed by atoms with Crippen molar-refractivity contribution in [1.29, 1.82) is 0 Å². The smallest absolute Gasteiger partial charge is 0.416 e. The monoisotopic (exact) mass is 289 g/mol. The maximum Gasteiger partial charge on any atom is 0.416 e. The van der Waals surface area contributed by atoms with Gasteiger partial charge < -0.3 is 4.42 Å². The number of rotatable bonds is 4. The maximum absolute atomic E-state index is 12.6. The standard InChI is InChI=1S/C13H11ClF3NO/c14-6-2-5-12-18-8-11(19-12)9-3-1-4-10(7-9)13(15,16)17/h1,3-4,7-8H,2,5-6H2. The fourth-order valence-corrected chi connectivity index (χ4v) is 1.76. The third-order valence-electron chi connectivity index (χ3n) is 2.55. The van der Waals surface area contributed by atoms with Gasteiger partial charge in [0.05, 0.1) is 11.8 Å². The van der Waals surface area contributed by atoms with Crippen molar-refractivity contribution >= 4 is 11.6 Å². The number of hydrogen-bond donors (Lipinski definition) is 0. The summed E-state index contributed by atoms with van der Waals surface area (Å²) in [7, 11) is 0. The molecule has 0 amide bonds. The minimum Gasteiger partial charge on any atom is -0.441 e. The number of halogens is 4. The van der Waals surface area contributed by atoms with Crippen LogP contribution in [0.3, 0.4) is 0 Å². The number of oxazole rings is 1. The number of aryl methyl sites for hydroxylation is 1. The molecule has 2 aromatic rings. The van der Waals surface area contributed by atoms with E-state index in [4.69, 9.17) is 16.0 Å². The van der Waals surface area contributed by atoms with E-state index >= 15 is 0 Å². The van der Waals surface area contributed by atoms with Gasteiger partial charge in [-0.3, -0.25) is 0 Å². The SMILES string of the molecule is FC(F)(F)c1cccc(-c2cnc(CCCCl)o2)c1. The lowest BCUT2D eigenvalue weighted by Gasteiger charge is -2.07. The minimum atomic E-state index is -4.36. The molecule has 0 saturated heterocycles. The Hall–Kier alpha value is -1.49. The second-order valence-electron chi connectivity index (χ2n) is 3.99. The van der Waals surface area contributed by atoms with E-state index in [9.17, 15) is 13.2 Å². The number of benzene rings is 1. The molecule has 0 unspecified atom stereocenters. The van der Waals surface area contributed by atoms with E-state index in [1.54, 1.807) is 6.07 Å². The third-order valence-corrected chi connectivity index (χ3v) is 2.82. The zero-order valence-electron chi connectivity index (χ0n) is 9.88. The van der Waals surface area contributed by atoms with Gasteiger partial charge in [-0.15, -0.1) is 11.6 Å². The molecule has 0 aliphatic rings. The first kappa shape index (κ1) is 13.9. The van der Waals surface area contributed by atoms with Crippen LogP contribution in [0.1, 0.15) is 17.9 Å². The highest BCUT2D eigenvalue weighted by Gasteiger charge is 2.30. The van der Waals surface area contributed by atoms with Crippen molar-refractivity contribution in [3.8, 4) is 11.3 Å². The molecular formula is C13H11ClF3NO. The van der Waals surface area contributed by atoms with Crippen molar-refractivity contribution in [3.63, 3.8) is 0 Å². The van der Waals surface area contributed by atoms with Gasteiger partial charge in [-0.25, -0.2) is 4.98 Å². The van der Waals surface area contributed by atoms with Gasteiger partial charge in [0, 0.05) is 17.9 Å². The fraction of sp³-hybridized carbons (Fsp3) is 0.308. The molecule has 1 aromatic heterocycles. The van der Waals surface area contributed by atoms with E-state index in [0.29, 0.717) is 35.9 Å². The number of nitrogens with zero attached hydrogens (tertiary/aromatic N) is 1. The van der Waals surface area contributed by atoms with Crippen LogP contribution in [0.15, 0.2) is 34.9 Å². The highest BCUT2D eigenvalue weighted by molar-refractivity contribution is 6.17. The molecule has 0 aliphatic heterocycles. The van der Waals surface area contributed by atoms with Crippen LogP contribution in [0.5, 0.6) is 0 Å². The third kappa shape index (κ3) is 3.50. The van der Waals surface area contributed by atoms with Crippen LogP contribution in [0.25, 0.3) is 11.3 Å². The van der Waals surface area contributed by atoms with Gasteiger partial charge in [0.15, 0.2) is 11.7 Å². The van der Waals surface area contributed by atoms with Crippen molar-refractivity contribution in [2.75, 3.05) is 5.88 Å². The molecule has 0 atom stereocenters. The van der Waals surface area contributed by atoms with Crippen LogP contribution in [0.2, 0.25) is 0 Å². The summed E-state index contributed by atoms with van der Waals surface area (Å²) in [5, 5.41) is 0. The first-order valence-electron chi connectivity index (χ1n) is 5.69. The normalized spacial score (nSPS) is 11.8. The zero-order valence-corrected chi connectivity index (χ0v) is 10.6. The topological polar surface area (TPSA) is 26.0 Å². The Kier molecular flexibility index (Phi) is 4.14. The lowest BCUT2D eigenvalue weighted by molar-refractivity contribution is -0.137. The quantitative estimate of drug-likeness (QED) is 0.773. The lowest BCUT2D eigenvalue weighted by Crippen LogP contribution is -2.04. The Morgan fingerprint density at radius 1 is 1.26 bits per heavy atom. The van der Waals surface area contributed by atoms with Crippen LogP contribution >= 0.6 is 11.6 Å². The van der Waals surface area contributed by atoms with Gasteiger partial charge in [-0.2, -0.15) is 13.2 Å². The van der Waals surface area contributed by atoms with Gasteiger partial charge in [-0.1, -0.05) is 12.1 Å². The van der Waals surface area contributed by atoms with Gasteiger partial charge in [0.25, 0.3) is 0 Å². The van der Waals surface area contributed by atoms with Crippen molar-refractivity contribution < 1.29 is 17.6 Å². The molecule has 6 heteroatoms. The van der Waals surface area contributed by atoms with E-state index in [-0.39, 0.29) is 0 Å². The summed E-state index contributed by atoms with van der Waals surface area (Å²) in [5.74, 6) is 1.30. The zero-order chi connectivity index (χ0) is 13.9. The summed E-state index contributed by atoms with van der Waals surface area (Å²) < 4.78 is 43.2. The molecule has 102 valence electrons. The summed E-state index contributed by atoms with van der Waals surface area (Å²) in [5.41, 5.74) is -0.344. The lowest BCUT2D eigenvalue weighted by atomic mass is 10.1. The molecule has 0 fully saturated rings. The van der Waals surface area contributed by atoms with E-state index < -0.39 is 11.7 Å². The van der Waals surface area contributed by atoms with Crippen molar-refractivity contribution in [3.05, 3.63) is 41.9 Å². The largest absolute Gasteiger partial charge is 0.441 e. The average Bonchev–Trinajstić information content (AvgIpc) is 2.84. The van der Waals surface area contributed by atoms with Crippen LogP contribution in [0.4, 0.5) is 13.2 Å². The Morgan fingerprint density at radius 2 is 2.05 bits per heavy atom. The maximum atomic E-state index is 12.6. The summed E-state index contributed by atoms with van der Waals surface area (Å²) in [6.45, 7) is 0. The summed E-state index contributed by atoms with van der Waals surface area (Å²) in [6, 6.07) is 4.97. The highest BCUT2D eigenvalue weighted by atomic mass is 35.5. The summed E-state index contributed by atoms with van der Waals surface area (Å²) >= 11 is 5.55. The first-order chi connectivity index (χ1) is 9.00. The average molecular weight is 290 g/mol. The Morgan fingerprint density at radius 3 is 2.74 bits per heavy atom. The van der Waals surface area contributed by atoms with E-state index in [0.717, 1.165) is 12.1 Å². The molecule has 0 N–H and O–H groups in total. The second-order valence-corrected chi connectivity index (χ2v) is 4.37. The van der Waals surface area contributed by atoms with Crippen LogP contribution in [0, 0.1) is 0 Å². The van der Waals surface area contributed by atoms with Gasteiger partial charge in [-0.05, 0) is 18.6 Å². The predicted molar refractivity (Wildman–Crippen MR) is 66.0 cm³/mol. The van der Waals surface area contributed by atoms with Crippen molar-refractivity contribution in [2.24, 2.45) is 0 Å². The molecule has 2 rings (SSSR count). The van der Waals surface area contributed by atoms with E-state index in [1.807, 2.05) is 0 Å². The number of aromatic nitrogens is 1. The highest BCUT2D eigenvalue weighted by Crippen LogP contribution is 2.32. The summed E-state index contributed by atoms with van der Waals surface area (Å²) in [4.78, 5) is 4.02. The second kappa shape index (κ2) is 5.65. The molecule has 1 heterocycles. The van der Waals surface area contributed by atoms with Gasteiger partial charge in [0.1, 0.15) is 0 Å². The Bertz CT molecular complexity index is 551. The Balaban J connectivity index is 2.24.